The van der Waals surface area contributed by atoms with Crippen LogP contribution in [-0.2, 0) is 81.7 Å². The summed E-state index contributed by atoms with van der Waals surface area (Å²) in [5, 5.41) is 123. The van der Waals surface area contributed by atoms with Crippen LogP contribution >= 0.6 is 0 Å². The summed E-state index contributed by atoms with van der Waals surface area (Å²) in [6, 6.07) is 0. The van der Waals surface area contributed by atoms with E-state index in [4.69, 9.17) is 0 Å². The summed E-state index contributed by atoms with van der Waals surface area (Å²) in [4.78, 5) is 128. The minimum absolute atomic E-state index is 0.210. The molecular weight excluding hydrogens is 1120 g/mol. The molecule has 8 spiro atoms. The predicted octanol–water partition coefficient (Wildman–Crippen LogP) is 8.42. The highest BCUT2D eigenvalue weighted by Gasteiger charge is 3.12. The third-order valence-corrected chi connectivity index (χ3v) is 32.6. The second-order valence-electron chi connectivity index (χ2n) is 30.9. The molecule has 36 rings (SSSR count). The molecule has 16 aromatic rings. The molecule has 16 nitrogen and oxygen atoms in total. The van der Waals surface area contributed by atoms with Crippen molar-refractivity contribution in [3.05, 3.63) is 89.0 Å². The number of rotatable bonds is 8. The highest BCUT2D eigenvalue weighted by Crippen LogP contribution is 3.10. The maximum Gasteiger partial charge on any atom is 0.323 e. The van der Waals surface area contributed by atoms with Crippen LogP contribution in [0.25, 0.3) is 196 Å². The molecule has 0 heterocycles. The van der Waals surface area contributed by atoms with E-state index in [2.05, 4.69) is 0 Å². The van der Waals surface area contributed by atoms with E-state index in [0.29, 0.717) is 197 Å². The van der Waals surface area contributed by atoms with Gasteiger partial charge in [-0.1, -0.05) is 0 Å². The third kappa shape index (κ3) is 1.56. The fraction of sp³-hybridized carbons (Fsp3) is 0.167. The van der Waals surface area contributed by atoms with Crippen molar-refractivity contribution in [2.24, 2.45) is 21.7 Å². The molecular formula is C72H8O16. The highest BCUT2D eigenvalue weighted by atomic mass is 16.4. The molecule has 0 saturated heterocycles. The molecule has 0 aliphatic heterocycles. The van der Waals surface area contributed by atoms with Crippen LogP contribution in [0.2, 0.25) is 0 Å². The Kier molecular flexibility index (Phi) is 3.02. The monoisotopic (exact) mass is 1130 g/mol. The molecule has 0 aromatic heterocycles. The van der Waals surface area contributed by atoms with Crippen molar-refractivity contribution < 1.29 is 79.2 Å². The van der Waals surface area contributed by atoms with Gasteiger partial charge in [0.25, 0.3) is 0 Å². The van der Waals surface area contributed by atoms with Gasteiger partial charge in [0.2, 0.25) is 0 Å². The van der Waals surface area contributed by atoms with E-state index in [1.807, 2.05) is 0 Å². The van der Waals surface area contributed by atoms with Gasteiger partial charge in [0.15, 0.2) is 21.7 Å². The lowest BCUT2D eigenvalue weighted by atomic mass is 9.64. The SMILES string of the molecule is O=C(O)C1(C(=O)O)C23c4c5c6c7c8c4-c4c2c2c9c%10c%11c%12c%13c%14c%15c%16c%17c%18c%19c%20c%21c%22c(c-7c7c%23c%24c%25c%26c(c4C%254C(C(=O)O)(C(=O)O)C874)c2c(c9%13)c2c%26c4c%24c(c%22%23)c(c%21%17)c%16c4c%142)C%202C(C(=O)O)(C(=O)O)C62c2c-5c(c-%11c(c2-%19)C%182C(C(=O)O)(C(=O)O)C%12%152)C%1013. The van der Waals surface area contributed by atoms with Crippen molar-refractivity contribution in [2.75, 3.05) is 0 Å². The molecule has 8 N–H and O–H groups in total. The lowest BCUT2D eigenvalue weighted by molar-refractivity contribution is -0.160. The van der Waals surface area contributed by atoms with Crippen LogP contribution in [0.15, 0.2) is 0 Å². The van der Waals surface area contributed by atoms with Gasteiger partial charge < -0.3 is 40.9 Å². The Morgan fingerprint density at radius 1 is 0.148 bits per heavy atom. The summed E-state index contributed by atoms with van der Waals surface area (Å²) < 4.78 is 0. The molecule has 88 heavy (non-hydrogen) atoms. The van der Waals surface area contributed by atoms with Gasteiger partial charge in [0, 0.05) is 0 Å². The summed E-state index contributed by atoms with van der Waals surface area (Å²) in [5.74, 6) is -13.0. The topological polar surface area (TPSA) is 298 Å². The first-order valence-corrected chi connectivity index (χ1v) is 29.9. The third-order valence-electron chi connectivity index (χ3n) is 32.6. The lowest BCUT2D eigenvalue weighted by Crippen LogP contribution is -2.36. The van der Waals surface area contributed by atoms with Crippen LogP contribution in [0.5, 0.6) is 0 Å². The Morgan fingerprint density at radius 2 is 0.250 bits per heavy atom. The van der Waals surface area contributed by atoms with Gasteiger partial charge in [-0.05, 0) is 285 Å². The minimum Gasteiger partial charge on any atom is -0.480 e. The largest absolute Gasteiger partial charge is 0.480 e. The number of carbonyl (C=O) groups is 8. The van der Waals surface area contributed by atoms with Gasteiger partial charge in [-0.2, -0.15) is 0 Å². The van der Waals surface area contributed by atoms with Crippen molar-refractivity contribution in [3.63, 3.8) is 0 Å². The van der Waals surface area contributed by atoms with Crippen LogP contribution in [0.1, 0.15) is 89.0 Å². The normalized spacial score (nSPS) is 34.5. The Morgan fingerprint density at radius 3 is 0.420 bits per heavy atom. The van der Waals surface area contributed by atoms with Gasteiger partial charge in [0.05, 0.1) is 43.3 Å². The molecule has 6 unspecified atom stereocenters. The molecule has 392 valence electrons. The highest BCUT2D eigenvalue weighted by molar-refractivity contribution is 6.70. The van der Waals surface area contributed by atoms with Crippen LogP contribution in [0.3, 0.4) is 0 Å². The Balaban J connectivity index is 1.07. The Labute approximate surface area is 474 Å². The summed E-state index contributed by atoms with van der Waals surface area (Å²) in [5.41, 5.74) is -18.5. The van der Waals surface area contributed by atoms with Crippen molar-refractivity contribution in [2.45, 2.75) is 43.3 Å². The van der Waals surface area contributed by atoms with Crippen molar-refractivity contribution in [3.8, 4) is 55.6 Å². The van der Waals surface area contributed by atoms with Gasteiger partial charge in [-0.15, -0.1) is 0 Å². The number of benzene rings is 12. The molecule has 0 amide bonds. The molecule has 4 saturated carbocycles. The fourth-order valence-electron chi connectivity index (χ4n) is 33.7. The molecule has 20 aliphatic rings. The predicted molar refractivity (Wildman–Crippen MR) is 300 cm³/mol. The van der Waals surface area contributed by atoms with Crippen molar-refractivity contribution >= 4 is 188 Å². The van der Waals surface area contributed by atoms with Crippen LogP contribution in [-0.4, -0.2) is 88.6 Å². The summed E-state index contributed by atoms with van der Waals surface area (Å²) >= 11 is 0. The minimum atomic E-state index is -2.87. The van der Waals surface area contributed by atoms with Crippen LogP contribution in [0, 0.1) is 21.7 Å². The zero-order chi connectivity index (χ0) is 56.6. The quantitative estimate of drug-likeness (QED) is 0.0523. The second-order valence-corrected chi connectivity index (χ2v) is 30.9. The smallest absolute Gasteiger partial charge is 0.323 e. The first-order chi connectivity index (χ1) is 42.5. The van der Waals surface area contributed by atoms with Gasteiger partial charge >= 0.3 is 47.8 Å². The second kappa shape index (κ2) is 7.36. The first kappa shape index (κ1) is 36.1. The van der Waals surface area contributed by atoms with E-state index in [-0.39, 0.29) is 33.4 Å². The number of hydrogen-bond acceptors (Lipinski definition) is 8. The lowest BCUT2D eigenvalue weighted by Gasteiger charge is -2.36. The maximum atomic E-state index is 16.1. The molecule has 16 heteroatoms. The molecule has 6 atom stereocenters. The van der Waals surface area contributed by atoms with E-state index < -0.39 is 113 Å². The number of hydrogen-bond donors (Lipinski definition) is 8. The maximum absolute atomic E-state index is 16.1. The fourth-order valence-corrected chi connectivity index (χ4v) is 33.7. The van der Waals surface area contributed by atoms with Gasteiger partial charge in [-0.25, -0.2) is 0 Å². The number of carboxylic acids is 8. The molecule has 16 aromatic carbocycles. The summed E-state index contributed by atoms with van der Waals surface area (Å²) in [6.45, 7) is 0. The Bertz CT molecular complexity index is 7330. The van der Waals surface area contributed by atoms with E-state index in [9.17, 15) is 40.9 Å². The Hall–Kier alpha value is -11.0. The first-order valence-electron chi connectivity index (χ1n) is 29.9. The molecule has 4 fully saturated rings. The number of carboxylic acid groups (broad SMARTS) is 8. The van der Waals surface area contributed by atoms with E-state index in [1.54, 1.807) is 0 Å². The van der Waals surface area contributed by atoms with E-state index in [0.717, 1.165) is 53.9 Å². The average Bonchev–Trinajstić information content (AvgIpc) is 1.32. The molecule has 20 aliphatic carbocycles. The standard InChI is InChI=1S/C72H8O16/c73-53(74)69(54(75)76)61-37-15-7-1-2-8-3(7)6-13-21(15)39(61)27-31-47-33-29-41-23-11-4(9(1)17(37)19(11)43(29)64(47,61)69)5-10(2)18-20-12(5)24(23)42-30-34-48-32-28-40-22(16(8)38(18)62(40)65(48,44(20)30)70(62,55(77)78)56(79)80)14(6)26-25(13)45(27)66-49(31)35-36(50(32)67(66,46(26)28)72(66,59(85)86)60(87)88)52(34)68(51(33)35)63(41,42)71(68,57(81)82)58(83)84/h(H,73,74)(H,75,76)(H,77,78)(H,79,80)(H,81,82)(H,83,84)(H,85,86)(H,87,88). The van der Waals surface area contributed by atoms with Crippen molar-refractivity contribution in [1.29, 1.82) is 0 Å². The molecule has 0 radical (unpaired) electrons. The van der Waals surface area contributed by atoms with E-state index in [1.165, 1.54) is 0 Å². The zero-order valence-corrected chi connectivity index (χ0v) is 42.8. The van der Waals surface area contributed by atoms with Crippen LogP contribution in [0.4, 0.5) is 0 Å². The van der Waals surface area contributed by atoms with Crippen molar-refractivity contribution in [1.82, 2.24) is 0 Å². The summed E-state index contributed by atoms with van der Waals surface area (Å²) in [7, 11) is 0. The van der Waals surface area contributed by atoms with Gasteiger partial charge in [0.1, 0.15) is 0 Å². The average molecular weight is 1130 g/mol. The van der Waals surface area contributed by atoms with Crippen LogP contribution < -0.4 is 0 Å². The van der Waals surface area contributed by atoms with Gasteiger partial charge in [-0.3, -0.25) is 38.4 Å². The zero-order valence-electron chi connectivity index (χ0n) is 42.8. The van der Waals surface area contributed by atoms with E-state index >= 15 is 38.4 Å². The number of aliphatic carboxylic acids is 8. The molecule has 0 bridgehead atoms. The summed E-state index contributed by atoms with van der Waals surface area (Å²) in [6.07, 6.45) is 0.